The van der Waals surface area contributed by atoms with Crippen LogP contribution in [0.1, 0.15) is 51.2 Å². The minimum absolute atomic E-state index is 0.131. The normalized spacial score (nSPS) is 17.4. The average Bonchev–Trinajstić information content (AvgIpc) is 2.81. The first kappa shape index (κ1) is 9.65. The number of H-pyrrole nitrogens is 1. The molecule has 0 spiro atoms. The van der Waals surface area contributed by atoms with Gasteiger partial charge in [0.25, 0.3) is 0 Å². The van der Waals surface area contributed by atoms with Crippen molar-refractivity contribution in [2.75, 3.05) is 0 Å². The first-order valence-electron chi connectivity index (χ1n) is 5.21. The van der Waals surface area contributed by atoms with Gasteiger partial charge in [0.15, 0.2) is 5.82 Å². The molecular formula is C10H18N4. The van der Waals surface area contributed by atoms with E-state index in [2.05, 4.69) is 41.3 Å². The van der Waals surface area contributed by atoms with Crippen molar-refractivity contribution in [2.45, 2.75) is 51.6 Å². The molecule has 0 amide bonds. The highest BCUT2D eigenvalue weighted by Gasteiger charge is 2.27. The fourth-order valence-corrected chi connectivity index (χ4v) is 1.26. The highest BCUT2D eigenvalue weighted by atomic mass is 15.2. The van der Waals surface area contributed by atoms with E-state index in [1.807, 2.05) is 0 Å². The zero-order chi connectivity index (χ0) is 10.2. The highest BCUT2D eigenvalue weighted by molar-refractivity contribution is 5.04. The van der Waals surface area contributed by atoms with Gasteiger partial charge in [-0.2, -0.15) is 5.10 Å². The summed E-state index contributed by atoms with van der Waals surface area (Å²) in [5, 5.41) is 10.6. The molecule has 0 atom stereocenters. The van der Waals surface area contributed by atoms with Crippen LogP contribution in [0.4, 0.5) is 0 Å². The summed E-state index contributed by atoms with van der Waals surface area (Å²) in [5.41, 5.74) is 0.131. The van der Waals surface area contributed by atoms with Crippen molar-refractivity contribution in [3.8, 4) is 0 Å². The molecule has 0 saturated heterocycles. The van der Waals surface area contributed by atoms with Gasteiger partial charge in [-0.1, -0.05) is 0 Å². The molecule has 0 aromatic carbocycles. The molecule has 4 nitrogen and oxygen atoms in total. The van der Waals surface area contributed by atoms with Gasteiger partial charge >= 0.3 is 0 Å². The third-order valence-electron chi connectivity index (χ3n) is 2.28. The van der Waals surface area contributed by atoms with Crippen molar-refractivity contribution in [1.29, 1.82) is 0 Å². The Hall–Kier alpha value is -0.900. The molecule has 1 heterocycles. The quantitative estimate of drug-likeness (QED) is 0.768. The van der Waals surface area contributed by atoms with Crippen LogP contribution in [-0.4, -0.2) is 20.7 Å². The van der Waals surface area contributed by atoms with E-state index >= 15 is 0 Å². The average molecular weight is 194 g/mol. The zero-order valence-electron chi connectivity index (χ0n) is 9.09. The Bertz CT molecular complexity index is 306. The number of nitrogens with one attached hydrogen (secondary N) is 2. The largest absolute Gasteiger partial charge is 0.305 e. The van der Waals surface area contributed by atoms with Crippen LogP contribution >= 0.6 is 0 Å². The highest BCUT2D eigenvalue weighted by Crippen LogP contribution is 2.37. The number of rotatable bonds is 3. The van der Waals surface area contributed by atoms with Crippen LogP contribution < -0.4 is 5.32 Å². The monoisotopic (exact) mass is 194 g/mol. The maximum Gasteiger partial charge on any atom is 0.153 e. The van der Waals surface area contributed by atoms with Gasteiger partial charge in [0.05, 0.1) is 6.54 Å². The summed E-state index contributed by atoms with van der Waals surface area (Å²) >= 11 is 0. The lowest BCUT2D eigenvalue weighted by molar-refractivity contribution is 0.418. The molecule has 0 unspecified atom stereocenters. The molecule has 4 heteroatoms. The first-order valence-corrected chi connectivity index (χ1v) is 5.21. The Morgan fingerprint density at radius 1 is 1.43 bits per heavy atom. The minimum Gasteiger partial charge on any atom is -0.305 e. The van der Waals surface area contributed by atoms with Crippen molar-refractivity contribution in [3.63, 3.8) is 0 Å². The second-order valence-electron chi connectivity index (χ2n) is 5.02. The molecule has 2 rings (SSSR count). The molecule has 1 aliphatic carbocycles. The maximum atomic E-state index is 4.45. The predicted octanol–water partition coefficient (Wildman–Crippen LogP) is 1.57. The topological polar surface area (TPSA) is 53.6 Å². The van der Waals surface area contributed by atoms with Crippen LogP contribution in [0.5, 0.6) is 0 Å². The second-order valence-corrected chi connectivity index (χ2v) is 5.02. The molecule has 2 N–H and O–H groups in total. The van der Waals surface area contributed by atoms with E-state index < -0.39 is 0 Å². The molecular weight excluding hydrogens is 176 g/mol. The molecule has 78 valence electrons. The lowest BCUT2D eigenvalue weighted by Gasteiger charge is -2.19. The van der Waals surface area contributed by atoms with Gasteiger partial charge in [-0.25, -0.2) is 4.98 Å². The molecule has 1 aromatic rings. The Kier molecular flexibility index (Phi) is 2.31. The van der Waals surface area contributed by atoms with E-state index in [1.54, 1.807) is 0 Å². The van der Waals surface area contributed by atoms with Crippen LogP contribution in [0.15, 0.2) is 0 Å². The van der Waals surface area contributed by atoms with Crippen LogP contribution in [0.2, 0.25) is 0 Å². The number of aromatic nitrogens is 3. The summed E-state index contributed by atoms with van der Waals surface area (Å²) in [6.45, 7) is 7.20. The first-order chi connectivity index (χ1) is 6.54. The summed E-state index contributed by atoms with van der Waals surface area (Å²) < 4.78 is 0. The third-order valence-corrected chi connectivity index (χ3v) is 2.28. The molecule has 1 aliphatic rings. The van der Waals surface area contributed by atoms with Crippen LogP contribution in [0.3, 0.4) is 0 Å². The maximum absolute atomic E-state index is 4.45. The number of aromatic amines is 1. The number of nitrogens with zero attached hydrogens (tertiary/aromatic N) is 2. The summed E-state index contributed by atoms with van der Waals surface area (Å²) in [7, 11) is 0. The smallest absolute Gasteiger partial charge is 0.153 e. The van der Waals surface area contributed by atoms with E-state index in [1.165, 1.54) is 12.8 Å². The molecule has 1 saturated carbocycles. The number of hydrogen-bond donors (Lipinski definition) is 2. The Morgan fingerprint density at radius 2 is 2.14 bits per heavy atom. The second kappa shape index (κ2) is 3.35. The zero-order valence-corrected chi connectivity index (χ0v) is 9.09. The van der Waals surface area contributed by atoms with Gasteiger partial charge in [0.1, 0.15) is 5.82 Å². The van der Waals surface area contributed by atoms with Crippen molar-refractivity contribution in [3.05, 3.63) is 11.6 Å². The third kappa shape index (κ3) is 2.54. The fraction of sp³-hybridized carbons (Fsp3) is 0.800. The van der Waals surface area contributed by atoms with E-state index in [9.17, 15) is 0 Å². The van der Waals surface area contributed by atoms with Crippen molar-refractivity contribution in [2.24, 2.45) is 0 Å². The Balaban J connectivity index is 1.90. The van der Waals surface area contributed by atoms with Gasteiger partial charge in [-0.15, -0.1) is 0 Å². The minimum atomic E-state index is 0.131. The van der Waals surface area contributed by atoms with E-state index in [0.29, 0.717) is 5.92 Å². The lowest BCUT2D eigenvalue weighted by atomic mass is 10.1. The van der Waals surface area contributed by atoms with E-state index in [4.69, 9.17) is 0 Å². The Morgan fingerprint density at radius 3 is 2.71 bits per heavy atom. The molecule has 1 aromatic heterocycles. The lowest BCUT2D eigenvalue weighted by Crippen LogP contribution is -2.35. The molecule has 0 aliphatic heterocycles. The van der Waals surface area contributed by atoms with Crippen molar-refractivity contribution >= 4 is 0 Å². The van der Waals surface area contributed by atoms with E-state index in [0.717, 1.165) is 18.2 Å². The molecule has 1 fully saturated rings. The summed E-state index contributed by atoms with van der Waals surface area (Å²) in [5.74, 6) is 2.58. The number of hydrogen-bond acceptors (Lipinski definition) is 3. The van der Waals surface area contributed by atoms with Crippen LogP contribution in [0.25, 0.3) is 0 Å². The predicted molar refractivity (Wildman–Crippen MR) is 55.0 cm³/mol. The van der Waals surface area contributed by atoms with Gasteiger partial charge in [-0.3, -0.25) is 5.10 Å². The van der Waals surface area contributed by atoms with E-state index in [-0.39, 0.29) is 5.54 Å². The standard InChI is InChI=1S/C10H18N4/c1-10(2,3)11-6-8-12-9(14-13-8)7-4-5-7/h7,11H,4-6H2,1-3H3,(H,12,13,14). The SMILES string of the molecule is CC(C)(C)NCc1nc(C2CC2)n[nH]1. The van der Waals surface area contributed by atoms with Gasteiger partial charge in [0, 0.05) is 11.5 Å². The molecule has 0 radical (unpaired) electrons. The summed E-state index contributed by atoms with van der Waals surface area (Å²) in [4.78, 5) is 4.45. The van der Waals surface area contributed by atoms with Gasteiger partial charge in [-0.05, 0) is 33.6 Å². The molecule has 14 heavy (non-hydrogen) atoms. The van der Waals surface area contributed by atoms with Crippen molar-refractivity contribution in [1.82, 2.24) is 20.5 Å². The van der Waals surface area contributed by atoms with Crippen LogP contribution in [-0.2, 0) is 6.54 Å². The summed E-state index contributed by atoms with van der Waals surface area (Å²) in [6, 6.07) is 0. The Labute approximate surface area is 84.5 Å². The van der Waals surface area contributed by atoms with Gasteiger partial charge in [0.2, 0.25) is 0 Å². The summed E-state index contributed by atoms with van der Waals surface area (Å²) in [6.07, 6.45) is 2.51. The van der Waals surface area contributed by atoms with Crippen molar-refractivity contribution < 1.29 is 0 Å². The fourth-order valence-electron chi connectivity index (χ4n) is 1.26. The molecule has 0 bridgehead atoms. The van der Waals surface area contributed by atoms with Crippen LogP contribution in [0, 0.1) is 0 Å². The van der Waals surface area contributed by atoms with Gasteiger partial charge < -0.3 is 5.32 Å².